The van der Waals surface area contributed by atoms with Crippen molar-refractivity contribution in [1.29, 1.82) is 0 Å². The minimum Gasteiger partial charge on any atom is -0.179 e. The van der Waals surface area contributed by atoms with Crippen molar-refractivity contribution in [2.75, 3.05) is 0 Å². The summed E-state index contributed by atoms with van der Waals surface area (Å²) in [5.74, 6) is 0.734. The number of azo groups is 1. The minimum atomic E-state index is -4.50. The standard InChI is InChI=1S/C9H13F3N2/c10-9(11,12)14-13-8-4-1-7(2-5-8)3-6-8/h7H,1-6H2. The van der Waals surface area contributed by atoms with Crippen LogP contribution >= 0.6 is 0 Å². The van der Waals surface area contributed by atoms with Gasteiger partial charge < -0.3 is 0 Å². The zero-order valence-electron chi connectivity index (χ0n) is 7.85. The van der Waals surface area contributed by atoms with E-state index in [0.29, 0.717) is 0 Å². The Hall–Kier alpha value is -0.610. The summed E-state index contributed by atoms with van der Waals surface area (Å²) in [7, 11) is 0. The number of nitrogens with zero attached hydrogens (tertiary/aromatic N) is 2. The molecule has 5 heteroatoms. The fourth-order valence-corrected chi connectivity index (χ4v) is 2.54. The van der Waals surface area contributed by atoms with Crippen LogP contribution in [-0.2, 0) is 0 Å². The van der Waals surface area contributed by atoms with E-state index in [4.69, 9.17) is 0 Å². The Kier molecular flexibility index (Phi) is 2.27. The maximum Gasteiger partial charge on any atom is 0.520 e. The quantitative estimate of drug-likeness (QED) is 0.462. The van der Waals surface area contributed by atoms with Crippen molar-refractivity contribution >= 4 is 0 Å². The van der Waals surface area contributed by atoms with E-state index in [1.807, 2.05) is 0 Å². The van der Waals surface area contributed by atoms with Gasteiger partial charge in [0.15, 0.2) is 0 Å². The van der Waals surface area contributed by atoms with Gasteiger partial charge in [-0.1, -0.05) is 5.11 Å². The first-order valence-electron chi connectivity index (χ1n) is 5.00. The SMILES string of the molecule is FC(F)(F)N=NC12CCC(CC1)CC2. The minimum absolute atomic E-state index is 0.468. The van der Waals surface area contributed by atoms with Crippen molar-refractivity contribution in [3.8, 4) is 0 Å². The van der Waals surface area contributed by atoms with E-state index in [9.17, 15) is 13.2 Å². The first-order chi connectivity index (χ1) is 6.49. The highest BCUT2D eigenvalue weighted by Gasteiger charge is 2.41. The largest absolute Gasteiger partial charge is 0.520 e. The molecule has 0 aliphatic heterocycles. The molecule has 0 atom stereocenters. The molecule has 0 aromatic heterocycles. The highest BCUT2D eigenvalue weighted by molar-refractivity contribution is 4.97. The third-order valence-corrected chi connectivity index (χ3v) is 3.43. The van der Waals surface area contributed by atoms with Crippen LogP contribution in [0.25, 0.3) is 0 Å². The van der Waals surface area contributed by atoms with Crippen LogP contribution in [0.5, 0.6) is 0 Å². The summed E-state index contributed by atoms with van der Waals surface area (Å²) in [6.45, 7) is 0. The molecule has 0 aromatic carbocycles. The summed E-state index contributed by atoms with van der Waals surface area (Å²) in [6, 6.07) is 0. The number of hydrogen-bond donors (Lipinski definition) is 0. The van der Waals surface area contributed by atoms with Crippen LogP contribution in [0.3, 0.4) is 0 Å². The van der Waals surface area contributed by atoms with Gasteiger partial charge in [0, 0.05) is 0 Å². The number of halogens is 3. The number of hydrogen-bond acceptors (Lipinski definition) is 2. The molecule has 0 unspecified atom stereocenters. The van der Waals surface area contributed by atoms with Gasteiger partial charge in [0.2, 0.25) is 0 Å². The molecule has 0 spiro atoms. The van der Waals surface area contributed by atoms with Crippen LogP contribution in [-0.4, -0.2) is 11.8 Å². The lowest BCUT2D eigenvalue weighted by molar-refractivity contribution is -0.128. The first kappa shape index (κ1) is 9.93. The lowest BCUT2D eigenvalue weighted by Gasteiger charge is -2.42. The second-order valence-corrected chi connectivity index (χ2v) is 4.37. The second-order valence-electron chi connectivity index (χ2n) is 4.37. The van der Waals surface area contributed by atoms with Gasteiger partial charge >= 0.3 is 6.30 Å². The molecule has 3 aliphatic carbocycles. The summed E-state index contributed by atoms with van der Waals surface area (Å²) in [6.07, 6.45) is 0.944. The molecule has 14 heavy (non-hydrogen) atoms. The van der Waals surface area contributed by atoms with Gasteiger partial charge in [-0.25, -0.2) is 0 Å². The zero-order valence-corrected chi connectivity index (χ0v) is 7.85. The Morgan fingerprint density at radius 2 is 1.50 bits per heavy atom. The predicted molar refractivity (Wildman–Crippen MR) is 44.8 cm³/mol. The van der Waals surface area contributed by atoms with Gasteiger partial charge in [-0.3, -0.25) is 0 Å². The molecule has 0 radical (unpaired) electrons. The first-order valence-corrected chi connectivity index (χ1v) is 5.00. The van der Waals surface area contributed by atoms with Crippen LogP contribution < -0.4 is 0 Å². The Bertz CT molecular complexity index is 225. The molecule has 3 fully saturated rings. The molecular weight excluding hydrogens is 193 g/mol. The Morgan fingerprint density at radius 1 is 1.00 bits per heavy atom. The predicted octanol–water partition coefficient (Wildman–Crippen LogP) is 3.68. The lowest BCUT2D eigenvalue weighted by atomic mass is 9.66. The van der Waals surface area contributed by atoms with Crippen LogP contribution in [0.2, 0.25) is 0 Å². The summed E-state index contributed by atoms with van der Waals surface area (Å²) < 4.78 is 35.6. The van der Waals surface area contributed by atoms with E-state index in [2.05, 4.69) is 10.2 Å². The van der Waals surface area contributed by atoms with Crippen molar-refractivity contribution in [1.82, 2.24) is 0 Å². The number of fused-ring (bicyclic) bond motifs is 3. The summed E-state index contributed by atoms with van der Waals surface area (Å²) in [5, 5.41) is 6.02. The fraction of sp³-hybridized carbons (Fsp3) is 1.00. The van der Waals surface area contributed by atoms with Gasteiger partial charge in [0.25, 0.3) is 0 Å². The molecule has 3 saturated carbocycles. The van der Waals surface area contributed by atoms with E-state index in [1.54, 1.807) is 0 Å². The Balaban J connectivity index is 2.05. The van der Waals surface area contributed by atoms with Gasteiger partial charge in [-0.2, -0.15) is 5.11 Å². The number of rotatable bonds is 1. The van der Waals surface area contributed by atoms with E-state index in [-0.39, 0.29) is 0 Å². The topological polar surface area (TPSA) is 24.7 Å². The smallest absolute Gasteiger partial charge is 0.179 e. The third-order valence-electron chi connectivity index (χ3n) is 3.43. The molecule has 0 saturated heterocycles. The Morgan fingerprint density at radius 3 is 1.93 bits per heavy atom. The molecule has 80 valence electrons. The molecule has 0 aromatic rings. The van der Waals surface area contributed by atoms with Crippen LogP contribution in [0.1, 0.15) is 38.5 Å². The summed E-state index contributed by atoms with van der Waals surface area (Å²) >= 11 is 0. The summed E-state index contributed by atoms with van der Waals surface area (Å²) in [4.78, 5) is 0. The molecule has 0 heterocycles. The maximum absolute atomic E-state index is 11.9. The molecular formula is C9H13F3N2. The highest BCUT2D eigenvalue weighted by atomic mass is 19.4. The van der Waals surface area contributed by atoms with Crippen molar-refractivity contribution in [2.24, 2.45) is 16.1 Å². The zero-order chi connectivity index (χ0) is 10.2. The van der Waals surface area contributed by atoms with Gasteiger partial charge in [-0.15, -0.1) is 13.2 Å². The Labute approximate surface area is 80.6 Å². The van der Waals surface area contributed by atoms with Crippen LogP contribution in [0, 0.1) is 5.92 Å². The van der Waals surface area contributed by atoms with Crippen molar-refractivity contribution < 1.29 is 13.2 Å². The van der Waals surface area contributed by atoms with E-state index >= 15 is 0 Å². The monoisotopic (exact) mass is 206 g/mol. The number of alkyl halides is 3. The van der Waals surface area contributed by atoms with Crippen molar-refractivity contribution in [3.63, 3.8) is 0 Å². The van der Waals surface area contributed by atoms with Gasteiger partial charge in [0.05, 0.1) is 5.54 Å². The molecule has 2 nitrogen and oxygen atoms in total. The fourth-order valence-electron chi connectivity index (χ4n) is 2.54. The molecule has 3 aliphatic rings. The maximum atomic E-state index is 11.9. The highest BCUT2D eigenvalue weighted by Crippen LogP contribution is 2.47. The molecule has 0 amide bonds. The van der Waals surface area contributed by atoms with Gasteiger partial charge in [0.1, 0.15) is 0 Å². The lowest BCUT2D eigenvalue weighted by Crippen LogP contribution is -2.38. The van der Waals surface area contributed by atoms with Gasteiger partial charge in [-0.05, 0) is 44.4 Å². The molecule has 0 N–H and O–H groups in total. The normalized spacial score (nSPS) is 38.1. The molecule has 2 bridgehead atoms. The van der Waals surface area contributed by atoms with E-state index < -0.39 is 11.8 Å². The average Bonchev–Trinajstić information content (AvgIpc) is 2.17. The average molecular weight is 206 g/mol. The van der Waals surface area contributed by atoms with Crippen molar-refractivity contribution in [2.45, 2.75) is 50.4 Å². The second kappa shape index (κ2) is 3.21. The van der Waals surface area contributed by atoms with Crippen molar-refractivity contribution in [3.05, 3.63) is 0 Å². The van der Waals surface area contributed by atoms with E-state index in [0.717, 1.165) is 44.4 Å². The summed E-state index contributed by atoms with van der Waals surface area (Å²) in [5.41, 5.74) is -0.468. The van der Waals surface area contributed by atoms with Crippen LogP contribution in [0.15, 0.2) is 10.2 Å². The third kappa shape index (κ3) is 2.07. The molecule has 3 rings (SSSR count). The van der Waals surface area contributed by atoms with Crippen LogP contribution in [0.4, 0.5) is 13.2 Å². The van der Waals surface area contributed by atoms with E-state index in [1.165, 1.54) is 0 Å².